The second kappa shape index (κ2) is 24.2. The zero-order valence-electron chi connectivity index (χ0n) is 34.4. The van der Waals surface area contributed by atoms with E-state index in [-0.39, 0.29) is 37.6 Å². The van der Waals surface area contributed by atoms with Crippen molar-refractivity contribution in [2.45, 2.75) is 38.5 Å². The Bertz CT molecular complexity index is 2340. The Balaban J connectivity index is 1.19. The van der Waals surface area contributed by atoms with Gasteiger partial charge in [0.05, 0.1) is 57.1 Å². The number of carbonyl (C=O) groups is 4. The van der Waals surface area contributed by atoms with E-state index in [1.54, 1.807) is 42.5 Å². The van der Waals surface area contributed by atoms with Crippen molar-refractivity contribution in [1.29, 1.82) is 0 Å². The standard InChI is InChI=1S/C46H47N3O12S/c1-5-42(50)58-25-9-23-56-37-18-13-31(27-39(37)54-3)15-21-44(52)60-34-17-20-36(33(29-34)30-47-49-46-48-35-11-7-8-12-41(35)62-46)61-45(53)22-16-32-14-19-38(40(28-32)55-4)57-24-10-26-59-43(51)6-2/h5-8,11-14,17-20,27-30H,1-2,9-10,15-16,21-26H2,3-4H3,(H,48,49)/b47-30+. The highest BCUT2D eigenvalue weighted by atomic mass is 32.1. The molecule has 1 aromatic heterocycles. The largest absolute Gasteiger partial charge is 0.493 e. The van der Waals surface area contributed by atoms with Crippen LogP contribution in [-0.2, 0) is 41.5 Å². The molecule has 5 aromatic rings. The van der Waals surface area contributed by atoms with E-state index in [2.05, 4.69) is 28.7 Å². The molecule has 0 spiro atoms. The molecule has 0 bridgehead atoms. The third kappa shape index (κ3) is 14.5. The maximum absolute atomic E-state index is 13.2. The molecule has 0 aliphatic heterocycles. The average molecular weight is 866 g/mol. The fourth-order valence-corrected chi connectivity index (χ4v) is 6.44. The van der Waals surface area contributed by atoms with Crippen molar-refractivity contribution in [3.63, 3.8) is 0 Å². The summed E-state index contributed by atoms with van der Waals surface area (Å²) >= 11 is 1.43. The summed E-state index contributed by atoms with van der Waals surface area (Å²) in [5.74, 6) is 0.466. The second-order valence-corrected chi connectivity index (χ2v) is 14.2. The number of aromatic nitrogens is 1. The Hall–Kier alpha value is -7.20. The van der Waals surface area contributed by atoms with E-state index in [9.17, 15) is 19.2 Å². The fraction of sp³-hybridized carbons (Fsp3) is 0.261. The van der Waals surface area contributed by atoms with Crippen LogP contribution in [0.3, 0.4) is 0 Å². The van der Waals surface area contributed by atoms with Crippen LogP contribution in [0.4, 0.5) is 5.13 Å². The van der Waals surface area contributed by atoms with Crippen LogP contribution in [0.15, 0.2) is 109 Å². The molecule has 15 nitrogen and oxygen atoms in total. The number of nitrogens with one attached hydrogen (secondary N) is 1. The van der Waals surface area contributed by atoms with Gasteiger partial charge in [-0.25, -0.2) is 14.6 Å². The number of ether oxygens (including phenoxy) is 8. The zero-order chi connectivity index (χ0) is 44.1. The summed E-state index contributed by atoms with van der Waals surface area (Å²) in [5.41, 5.74) is 5.77. The molecule has 0 radical (unpaired) electrons. The summed E-state index contributed by atoms with van der Waals surface area (Å²) in [6.07, 6.45) is 5.44. The third-order valence-corrected chi connectivity index (χ3v) is 9.64. The Labute approximate surface area is 362 Å². The molecule has 4 aromatic carbocycles. The summed E-state index contributed by atoms with van der Waals surface area (Å²) in [7, 11) is 3.04. The quantitative estimate of drug-likeness (QED) is 0.0150. The predicted octanol–water partition coefficient (Wildman–Crippen LogP) is 7.83. The summed E-state index contributed by atoms with van der Waals surface area (Å²) in [6.45, 7) is 7.73. The topological polar surface area (TPSA) is 179 Å². The average Bonchev–Trinajstić information content (AvgIpc) is 3.71. The summed E-state index contributed by atoms with van der Waals surface area (Å²) < 4.78 is 45.0. The summed E-state index contributed by atoms with van der Waals surface area (Å²) in [5, 5.41) is 4.90. The Morgan fingerprint density at radius 3 is 1.81 bits per heavy atom. The van der Waals surface area contributed by atoms with E-state index < -0.39 is 23.9 Å². The first-order chi connectivity index (χ1) is 30.2. The minimum Gasteiger partial charge on any atom is -0.493 e. The monoisotopic (exact) mass is 865 g/mol. The molecule has 1 N–H and O–H groups in total. The fourth-order valence-electron chi connectivity index (χ4n) is 5.63. The maximum Gasteiger partial charge on any atom is 0.330 e. The van der Waals surface area contributed by atoms with Gasteiger partial charge in [0.15, 0.2) is 23.0 Å². The lowest BCUT2D eigenvalue weighted by Gasteiger charge is -2.13. The van der Waals surface area contributed by atoms with Crippen molar-refractivity contribution in [2.75, 3.05) is 46.1 Å². The summed E-state index contributed by atoms with van der Waals surface area (Å²) in [4.78, 5) is 53.2. The van der Waals surface area contributed by atoms with Crippen molar-refractivity contribution in [3.05, 3.63) is 121 Å². The van der Waals surface area contributed by atoms with Gasteiger partial charge in [-0.15, -0.1) is 0 Å². The lowest BCUT2D eigenvalue weighted by Crippen LogP contribution is -2.12. The van der Waals surface area contributed by atoms with Crippen molar-refractivity contribution >= 4 is 56.8 Å². The molecule has 0 unspecified atom stereocenters. The molecule has 5 rings (SSSR count). The number of para-hydroxylation sites is 1. The highest BCUT2D eigenvalue weighted by Gasteiger charge is 2.15. The minimum absolute atomic E-state index is 0.0421. The van der Waals surface area contributed by atoms with Crippen molar-refractivity contribution in [1.82, 2.24) is 4.98 Å². The van der Waals surface area contributed by atoms with Crippen LogP contribution in [0.25, 0.3) is 10.2 Å². The van der Waals surface area contributed by atoms with Gasteiger partial charge in [-0.2, -0.15) is 5.10 Å². The van der Waals surface area contributed by atoms with Gasteiger partial charge in [0.1, 0.15) is 11.5 Å². The van der Waals surface area contributed by atoms with Crippen molar-refractivity contribution < 1.29 is 57.1 Å². The molecule has 0 amide bonds. The molecule has 1 heterocycles. The number of methoxy groups -OCH3 is 2. The molecule has 62 heavy (non-hydrogen) atoms. The van der Waals surface area contributed by atoms with Gasteiger partial charge in [0.2, 0.25) is 5.13 Å². The molecule has 324 valence electrons. The number of hydrazone groups is 1. The number of nitrogens with zero attached hydrogens (tertiary/aromatic N) is 2. The number of thiazole rings is 1. The van der Waals surface area contributed by atoms with Crippen LogP contribution >= 0.6 is 11.3 Å². The first-order valence-electron chi connectivity index (χ1n) is 19.6. The number of aryl methyl sites for hydroxylation is 2. The highest BCUT2D eigenvalue weighted by Crippen LogP contribution is 2.31. The van der Waals surface area contributed by atoms with Crippen LogP contribution in [0.5, 0.6) is 34.5 Å². The van der Waals surface area contributed by atoms with E-state index >= 15 is 0 Å². The SMILES string of the molecule is C=CC(=O)OCCCOc1ccc(CCC(=O)Oc2ccc(OC(=O)CCc3ccc(OCCCOC(=O)C=C)c(OC)c3)c(/C=N/Nc3nc4ccccc4s3)c2)cc1OC. The molecule has 0 aliphatic rings. The Kier molecular flexibility index (Phi) is 17.9. The number of esters is 4. The first-order valence-corrected chi connectivity index (χ1v) is 20.4. The Morgan fingerprint density at radius 2 is 1.24 bits per heavy atom. The second-order valence-electron chi connectivity index (χ2n) is 13.1. The highest BCUT2D eigenvalue weighted by molar-refractivity contribution is 7.22. The van der Waals surface area contributed by atoms with E-state index in [1.807, 2.05) is 36.4 Å². The minimum atomic E-state index is -0.502. The van der Waals surface area contributed by atoms with E-state index in [0.717, 1.165) is 33.5 Å². The van der Waals surface area contributed by atoms with Gasteiger partial charge in [0, 0.05) is 43.4 Å². The number of hydrogen-bond acceptors (Lipinski definition) is 16. The first kappa shape index (κ1) is 45.9. The van der Waals surface area contributed by atoms with Gasteiger partial charge in [0.25, 0.3) is 0 Å². The molecule has 16 heteroatoms. The zero-order valence-corrected chi connectivity index (χ0v) is 35.2. The van der Waals surface area contributed by atoms with Gasteiger partial charge >= 0.3 is 23.9 Å². The number of carbonyl (C=O) groups excluding carboxylic acids is 4. The molecule has 0 fully saturated rings. The van der Waals surface area contributed by atoms with E-state index in [1.165, 1.54) is 31.8 Å². The number of rotatable bonds is 25. The number of benzene rings is 4. The van der Waals surface area contributed by atoms with Crippen LogP contribution in [0.2, 0.25) is 0 Å². The number of hydrogen-bond donors (Lipinski definition) is 1. The van der Waals surface area contributed by atoms with E-state index in [0.29, 0.717) is 72.6 Å². The molecular weight excluding hydrogens is 819 g/mol. The van der Waals surface area contributed by atoms with E-state index in [4.69, 9.17) is 37.9 Å². The third-order valence-electron chi connectivity index (χ3n) is 8.70. The van der Waals surface area contributed by atoms with Crippen molar-refractivity contribution in [3.8, 4) is 34.5 Å². The van der Waals surface area contributed by atoms with Gasteiger partial charge in [-0.05, 0) is 78.6 Å². The van der Waals surface area contributed by atoms with Crippen LogP contribution in [0.1, 0.15) is 42.4 Å². The number of anilines is 1. The smallest absolute Gasteiger partial charge is 0.330 e. The van der Waals surface area contributed by atoms with Gasteiger partial charge < -0.3 is 37.9 Å². The maximum atomic E-state index is 13.2. The summed E-state index contributed by atoms with van der Waals surface area (Å²) in [6, 6.07) is 23.1. The molecular formula is C46H47N3O12S. The lowest BCUT2D eigenvalue weighted by atomic mass is 10.1. The lowest BCUT2D eigenvalue weighted by molar-refractivity contribution is -0.138. The molecule has 0 aliphatic carbocycles. The molecule has 0 saturated heterocycles. The van der Waals surface area contributed by atoms with Crippen LogP contribution in [0, 0.1) is 0 Å². The molecule has 0 saturated carbocycles. The predicted molar refractivity (Wildman–Crippen MR) is 234 cm³/mol. The van der Waals surface area contributed by atoms with Gasteiger partial charge in [-0.3, -0.25) is 15.0 Å². The van der Waals surface area contributed by atoms with Gasteiger partial charge in [-0.1, -0.05) is 48.8 Å². The van der Waals surface area contributed by atoms with Crippen molar-refractivity contribution in [2.24, 2.45) is 5.10 Å². The normalized spacial score (nSPS) is 10.7. The molecule has 0 atom stereocenters. The Morgan fingerprint density at radius 1 is 0.677 bits per heavy atom. The van der Waals surface area contributed by atoms with Crippen LogP contribution in [-0.4, -0.2) is 75.7 Å². The van der Waals surface area contributed by atoms with Crippen LogP contribution < -0.4 is 33.8 Å². The number of fused-ring (bicyclic) bond motifs is 1.